The van der Waals surface area contributed by atoms with E-state index in [1.54, 1.807) is 0 Å². The van der Waals surface area contributed by atoms with Gasteiger partial charge in [0.2, 0.25) is 0 Å². The average molecular weight is 174 g/mol. The second kappa shape index (κ2) is 5.55. The Kier molecular flexibility index (Phi) is 5.51. The van der Waals surface area contributed by atoms with Crippen molar-refractivity contribution < 1.29 is 9.22 Å². The zero-order valence-corrected chi connectivity index (χ0v) is 9.26. The van der Waals surface area contributed by atoms with Gasteiger partial charge in [0.1, 0.15) is 0 Å². The fourth-order valence-electron chi connectivity index (χ4n) is 1.25. The molecule has 0 rings (SSSR count). The Balaban J connectivity index is 3.93. The van der Waals surface area contributed by atoms with Gasteiger partial charge in [-0.05, 0) is 34.6 Å². The second-order valence-corrected chi connectivity index (χ2v) is 3.63. The van der Waals surface area contributed by atoms with E-state index in [4.69, 9.17) is 4.74 Å². The largest absolute Gasteiger partial charge is 0.329 e. The molecule has 0 N–H and O–H groups in total. The lowest BCUT2D eigenvalue weighted by Gasteiger charge is -2.35. The topological polar surface area (TPSA) is 9.23 Å². The van der Waals surface area contributed by atoms with Crippen LogP contribution in [0.4, 0.5) is 0 Å². The summed E-state index contributed by atoms with van der Waals surface area (Å²) in [6, 6.07) is 0. The number of hydrogen-bond acceptors (Lipinski definition) is 1. The first kappa shape index (κ1) is 11.9. The van der Waals surface area contributed by atoms with Crippen LogP contribution in [0.25, 0.3) is 0 Å². The van der Waals surface area contributed by atoms with Crippen molar-refractivity contribution in [1.82, 2.24) is 0 Å². The Bertz CT molecular complexity index is 100. The van der Waals surface area contributed by atoms with Gasteiger partial charge in [0.05, 0.1) is 25.7 Å². The summed E-state index contributed by atoms with van der Waals surface area (Å²) >= 11 is 0. The Hall–Kier alpha value is -0.0800. The first-order valence-electron chi connectivity index (χ1n) is 5.07. The van der Waals surface area contributed by atoms with Gasteiger partial charge < -0.3 is 9.22 Å². The standard InChI is InChI=1S/C10H24NO/c1-6-11(7-2,8-3)9-12-10(4)5/h10H,6-9H2,1-5H3/q+1. The summed E-state index contributed by atoms with van der Waals surface area (Å²) < 4.78 is 6.73. The van der Waals surface area contributed by atoms with Gasteiger partial charge in [0.15, 0.2) is 6.73 Å². The SMILES string of the molecule is CC[N+](CC)(CC)COC(C)C. The van der Waals surface area contributed by atoms with Crippen molar-refractivity contribution in [2.45, 2.75) is 40.7 Å². The third kappa shape index (κ3) is 3.55. The van der Waals surface area contributed by atoms with Crippen LogP contribution < -0.4 is 0 Å². The third-order valence-corrected chi connectivity index (χ3v) is 2.69. The summed E-state index contributed by atoms with van der Waals surface area (Å²) in [6.45, 7) is 15.2. The highest BCUT2D eigenvalue weighted by molar-refractivity contribution is 4.35. The summed E-state index contributed by atoms with van der Waals surface area (Å²) in [5, 5.41) is 0. The zero-order valence-electron chi connectivity index (χ0n) is 9.26. The van der Waals surface area contributed by atoms with Crippen LogP contribution in [0.15, 0.2) is 0 Å². The smallest absolute Gasteiger partial charge is 0.183 e. The van der Waals surface area contributed by atoms with E-state index in [0.717, 1.165) is 11.2 Å². The quantitative estimate of drug-likeness (QED) is 0.443. The van der Waals surface area contributed by atoms with E-state index in [0.29, 0.717) is 6.10 Å². The van der Waals surface area contributed by atoms with E-state index >= 15 is 0 Å². The van der Waals surface area contributed by atoms with E-state index in [9.17, 15) is 0 Å². The monoisotopic (exact) mass is 174 g/mol. The van der Waals surface area contributed by atoms with E-state index < -0.39 is 0 Å². The van der Waals surface area contributed by atoms with Crippen molar-refractivity contribution in [1.29, 1.82) is 0 Å². The van der Waals surface area contributed by atoms with Crippen molar-refractivity contribution in [2.75, 3.05) is 26.4 Å². The number of ether oxygens (including phenoxy) is 1. The first-order chi connectivity index (χ1) is 5.60. The molecule has 0 unspecified atom stereocenters. The van der Waals surface area contributed by atoms with Gasteiger partial charge in [-0.1, -0.05) is 0 Å². The Morgan fingerprint density at radius 1 is 1.00 bits per heavy atom. The third-order valence-electron chi connectivity index (χ3n) is 2.69. The molecule has 0 amide bonds. The molecule has 2 nitrogen and oxygen atoms in total. The van der Waals surface area contributed by atoms with E-state index in [2.05, 4.69) is 34.6 Å². The highest BCUT2D eigenvalue weighted by atomic mass is 16.5. The van der Waals surface area contributed by atoms with Crippen LogP contribution >= 0.6 is 0 Å². The number of nitrogens with zero attached hydrogens (tertiary/aromatic N) is 1. The van der Waals surface area contributed by atoms with Gasteiger partial charge in [0.25, 0.3) is 0 Å². The molecule has 0 radical (unpaired) electrons. The fourth-order valence-corrected chi connectivity index (χ4v) is 1.25. The molecule has 0 spiro atoms. The molecule has 0 aromatic carbocycles. The second-order valence-electron chi connectivity index (χ2n) is 3.63. The van der Waals surface area contributed by atoms with E-state index in [1.807, 2.05) is 0 Å². The van der Waals surface area contributed by atoms with Crippen molar-refractivity contribution in [3.63, 3.8) is 0 Å². The summed E-state index contributed by atoms with van der Waals surface area (Å²) in [5.41, 5.74) is 0. The molecular formula is C10H24NO+. The van der Waals surface area contributed by atoms with Gasteiger partial charge in [-0.2, -0.15) is 0 Å². The maximum absolute atomic E-state index is 5.65. The molecule has 0 aromatic rings. The predicted octanol–water partition coefficient (Wildman–Crippen LogP) is 2.25. The van der Waals surface area contributed by atoms with Gasteiger partial charge >= 0.3 is 0 Å². The molecule has 0 aliphatic heterocycles. The van der Waals surface area contributed by atoms with Crippen molar-refractivity contribution in [2.24, 2.45) is 0 Å². The summed E-state index contributed by atoms with van der Waals surface area (Å²) in [6.07, 6.45) is 0.354. The van der Waals surface area contributed by atoms with Crippen LogP contribution in [0, 0.1) is 0 Å². The molecule has 0 saturated carbocycles. The lowest BCUT2D eigenvalue weighted by molar-refractivity contribution is -0.941. The number of hydrogen-bond donors (Lipinski definition) is 0. The van der Waals surface area contributed by atoms with Gasteiger partial charge in [-0.25, -0.2) is 0 Å². The number of rotatable bonds is 6. The van der Waals surface area contributed by atoms with Crippen LogP contribution in [0.1, 0.15) is 34.6 Å². The van der Waals surface area contributed by atoms with Crippen molar-refractivity contribution >= 4 is 0 Å². The normalized spacial score (nSPS) is 12.5. The first-order valence-corrected chi connectivity index (χ1v) is 5.07. The maximum Gasteiger partial charge on any atom is 0.183 e. The molecule has 0 fully saturated rings. The molecule has 0 heterocycles. The molecular weight excluding hydrogens is 150 g/mol. The van der Waals surface area contributed by atoms with E-state index in [1.165, 1.54) is 19.6 Å². The molecule has 0 atom stereocenters. The molecule has 0 aliphatic rings. The minimum absolute atomic E-state index is 0.354. The maximum atomic E-state index is 5.65. The minimum Gasteiger partial charge on any atom is -0.329 e. The Morgan fingerprint density at radius 2 is 1.42 bits per heavy atom. The molecule has 12 heavy (non-hydrogen) atoms. The molecule has 0 aliphatic carbocycles. The fraction of sp³-hybridized carbons (Fsp3) is 1.00. The Morgan fingerprint density at radius 3 is 1.67 bits per heavy atom. The molecule has 0 bridgehead atoms. The lowest BCUT2D eigenvalue weighted by Crippen LogP contribution is -2.49. The van der Waals surface area contributed by atoms with Crippen LogP contribution in [-0.2, 0) is 4.74 Å². The zero-order chi connectivity index (χ0) is 9.61. The van der Waals surface area contributed by atoms with Gasteiger partial charge in [0, 0.05) is 0 Å². The summed E-state index contributed by atoms with van der Waals surface area (Å²) in [7, 11) is 0. The Labute approximate surface area is 77.1 Å². The lowest BCUT2D eigenvalue weighted by atomic mass is 10.4. The highest BCUT2D eigenvalue weighted by Gasteiger charge is 2.20. The molecule has 74 valence electrons. The number of quaternary nitrogens is 1. The summed E-state index contributed by atoms with van der Waals surface area (Å²) in [4.78, 5) is 0. The van der Waals surface area contributed by atoms with Crippen LogP contribution in [0.2, 0.25) is 0 Å². The van der Waals surface area contributed by atoms with Crippen LogP contribution in [-0.4, -0.2) is 37.0 Å². The summed E-state index contributed by atoms with van der Waals surface area (Å²) in [5.74, 6) is 0. The van der Waals surface area contributed by atoms with E-state index in [-0.39, 0.29) is 0 Å². The van der Waals surface area contributed by atoms with Gasteiger partial charge in [-0.3, -0.25) is 0 Å². The van der Waals surface area contributed by atoms with Crippen molar-refractivity contribution in [3.8, 4) is 0 Å². The highest BCUT2D eigenvalue weighted by Crippen LogP contribution is 2.06. The van der Waals surface area contributed by atoms with Crippen molar-refractivity contribution in [3.05, 3.63) is 0 Å². The predicted molar refractivity (Wildman–Crippen MR) is 53.0 cm³/mol. The van der Waals surface area contributed by atoms with Crippen LogP contribution in [0.5, 0.6) is 0 Å². The minimum atomic E-state index is 0.354. The molecule has 2 heteroatoms. The van der Waals surface area contributed by atoms with Gasteiger partial charge in [-0.15, -0.1) is 0 Å². The molecule has 0 saturated heterocycles. The average Bonchev–Trinajstić information content (AvgIpc) is 2.08. The van der Waals surface area contributed by atoms with Crippen LogP contribution in [0.3, 0.4) is 0 Å². The molecule has 0 aromatic heterocycles.